The van der Waals surface area contributed by atoms with Crippen LogP contribution in [0.3, 0.4) is 0 Å². The Balaban J connectivity index is 2.52. The smallest absolute Gasteiger partial charge is 0.270 e. The minimum absolute atomic E-state index is 0.0519. The van der Waals surface area contributed by atoms with E-state index in [-0.39, 0.29) is 15.7 Å². The van der Waals surface area contributed by atoms with Crippen molar-refractivity contribution in [1.82, 2.24) is 5.32 Å². The van der Waals surface area contributed by atoms with Crippen LogP contribution in [0, 0.1) is 0 Å². The van der Waals surface area contributed by atoms with Gasteiger partial charge in [0, 0.05) is 45.4 Å². The van der Waals surface area contributed by atoms with Gasteiger partial charge in [0.15, 0.2) is 0 Å². The van der Waals surface area contributed by atoms with Crippen LogP contribution >= 0.6 is 22.0 Å². The lowest BCUT2D eigenvalue weighted by Crippen LogP contribution is -2.24. The summed E-state index contributed by atoms with van der Waals surface area (Å²) in [6.07, 6.45) is 2.21. The van der Waals surface area contributed by atoms with E-state index in [1.54, 1.807) is 6.26 Å². The van der Waals surface area contributed by atoms with Gasteiger partial charge in [0.05, 0.1) is 5.56 Å². The Hall–Kier alpha value is -0.440. The summed E-state index contributed by atoms with van der Waals surface area (Å²) in [7, 11) is 0.496. The van der Waals surface area contributed by atoms with Crippen LogP contribution in [0.2, 0.25) is 0 Å². The van der Waals surface area contributed by atoms with Gasteiger partial charge in [0.1, 0.15) is 4.21 Å². The van der Waals surface area contributed by atoms with E-state index in [0.29, 0.717) is 18.7 Å². The summed E-state index contributed by atoms with van der Waals surface area (Å²) in [4.78, 5) is 11.6. The van der Waals surface area contributed by atoms with Crippen LogP contribution < -0.4 is 5.32 Å². The molecule has 1 heterocycles. The van der Waals surface area contributed by atoms with Crippen molar-refractivity contribution in [2.24, 2.45) is 0 Å². The number of nitrogens with one attached hydrogen (secondary N) is 1. The standard InChI is InChI=1S/C9H12ClNO4S3/c1-17(13)4-2-3-11-9(12)7-5-8(16-6-7)18(10,14)15/h5-6H,2-4H2,1H3,(H,11,12). The molecule has 0 spiro atoms. The van der Waals surface area contributed by atoms with E-state index in [1.807, 2.05) is 0 Å². The van der Waals surface area contributed by atoms with E-state index in [9.17, 15) is 17.4 Å². The quantitative estimate of drug-likeness (QED) is 0.627. The zero-order chi connectivity index (χ0) is 13.8. The van der Waals surface area contributed by atoms with E-state index < -0.39 is 19.9 Å². The normalized spacial score (nSPS) is 13.2. The lowest BCUT2D eigenvalue weighted by Gasteiger charge is -2.02. The van der Waals surface area contributed by atoms with Crippen molar-refractivity contribution in [3.8, 4) is 0 Å². The Morgan fingerprint density at radius 1 is 1.56 bits per heavy atom. The topological polar surface area (TPSA) is 80.3 Å². The van der Waals surface area contributed by atoms with Gasteiger partial charge in [-0.2, -0.15) is 0 Å². The number of thiophene rings is 1. The number of hydrogen-bond acceptors (Lipinski definition) is 5. The second-order valence-electron chi connectivity index (χ2n) is 3.48. The summed E-state index contributed by atoms with van der Waals surface area (Å²) < 4.78 is 32.8. The Morgan fingerprint density at radius 3 is 2.72 bits per heavy atom. The Labute approximate surface area is 116 Å². The maximum absolute atomic E-state index is 11.6. The van der Waals surface area contributed by atoms with E-state index in [0.717, 1.165) is 11.3 Å². The molecule has 18 heavy (non-hydrogen) atoms. The van der Waals surface area contributed by atoms with Crippen molar-refractivity contribution in [3.63, 3.8) is 0 Å². The highest BCUT2D eigenvalue weighted by atomic mass is 35.7. The van der Waals surface area contributed by atoms with Crippen LogP contribution in [0.25, 0.3) is 0 Å². The van der Waals surface area contributed by atoms with Crippen molar-refractivity contribution in [3.05, 3.63) is 17.0 Å². The zero-order valence-corrected chi connectivity index (χ0v) is 12.7. The van der Waals surface area contributed by atoms with Gasteiger partial charge in [-0.3, -0.25) is 9.00 Å². The molecule has 0 aliphatic rings. The van der Waals surface area contributed by atoms with Crippen LogP contribution in [-0.2, 0) is 19.9 Å². The van der Waals surface area contributed by atoms with Crippen molar-refractivity contribution in [2.45, 2.75) is 10.6 Å². The molecule has 0 bridgehead atoms. The molecule has 1 aromatic rings. The summed E-state index contributed by atoms with van der Waals surface area (Å²) in [5.74, 6) is 0.158. The SMILES string of the molecule is CS(=O)CCCNC(=O)c1csc(S(=O)(=O)Cl)c1. The molecule has 1 amide bonds. The highest BCUT2D eigenvalue weighted by molar-refractivity contribution is 8.15. The second-order valence-corrected chi connectivity index (χ2v) is 8.74. The number of carbonyl (C=O) groups excluding carboxylic acids is 1. The van der Waals surface area contributed by atoms with Crippen LogP contribution in [0.5, 0.6) is 0 Å². The predicted octanol–water partition coefficient (Wildman–Crippen LogP) is 1.17. The highest BCUT2D eigenvalue weighted by Gasteiger charge is 2.16. The minimum Gasteiger partial charge on any atom is -0.352 e. The lowest BCUT2D eigenvalue weighted by molar-refractivity contribution is 0.0954. The number of carbonyl (C=O) groups is 1. The monoisotopic (exact) mass is 329 g/mol. The first kappa shape index (κ1) is 15.6. The van der Waals surface area contributed by atoms with Crippen molar-refractivity contribution < 1.29 is 17.4 Å². The first-order chi connectivity index (χ1) is 8.30. The molecule has 1 aromatic heterocycles. The van der Waals surface area contributed by atoms with Crippen LogP contribution in [0.1, 0.15) is 16.8 Å². The molecule has 9 heteroatoms. The Bertz CT molecular complexity index is 552. The largest absolute Gasteiger partial charge is 0.352 e. The fraction of sp³-hybridized carbons (Fsp3) is 0.444. The van der Waals surface area contributed by atoms with E-state index in [4.69, 9.17) is 10.7 Å². The molecule has 0 aliphatic carbocycles. The zero-order valence-electron chi connectivity index (χ0n) is 9.51. The molecule has 0 saturated heterocycles. The van der Waals surface area contributed by atoms with Gasteiger partial charge in [-0.05, 0) is 12.5 Å². The van der Waals surface area contributed by atoms with Crippen LogP contribution in [-0.4, -0.2) is 37.1 Å². The summed E-state index contributed by atoms with van der Waals surface area (Å²) >= 11 is 0.900. The molecular weight excluding hydrogens is 318 g/mol. The van der Waals surface area contributed by atoms with Crippen molar-refractivity contribution in [2.75, 3.05) is 18.6 Å². The fourth-order valence-corrected chi connectivity index (χ4v) is 3.64. The molecule has 5 nitrogen and oxygen atoms in total. The Kier molecular flexibility index (Phi) is 5.77. The number of hydrogen-bond donors (Lipinski definition) is 1. The highest BCUT2D eigenvalue weighted by Crippen LogP contribution is 2.23. The van der Waals surface area contributed by atoms with Crippen molar-refractivity contribution >= 4 is 47.8 Å². The van der Waals surface area contributed by atoms with Gasteiger partial charge in [0.25, 0.3) is 15.0 Å². The molecule has 102 valence electrons. The minimum atomic E-state index is -3.78. The molecule has 0 fully saturated rings. The maximum atomic E-state index is 11.6. The van der Waals surface area contributed by atoms with E-state index in [2.05, 4.69) is 5.32 Å². The average Bonchev–Trinajstić information content (AvgIpc) is 2.72. The van der Waals surface area contributed by atoms with E-state index >= 15 is 0 Å². The van der Waals surface area contributed by atoms with Gasteiger partial charge in [0.2, 0.25) is 0 Å². The molecule has 1 N–H and O–H groups in total. The molecular formula is C9H12ClNO4S3. The summed E-state index contributed by atoms with van der Waals surface area (Å²) in [5, 5.41) is 4.05. The molecule has 1 rings (SSSR count). The van der Waals surface area contributed by atoms with Gasteiger partial charge in [-0.25, -0.2) is 8.42 Å². The first-order valence-corrected chi connectivity index (χ1v) is 9.84. The van der Waals surface area contributed by atoms with Crippen molar-refractivity contribution in [1.29, 1.82) is 0 Å². The molecule has 0 radical (unpaired) electrons. The third-order valence-electron chi connectivity index (χ3n) is 1.97. The number of rotatable bonds is 6. The van der Waals surface area contributed by atoms with Gasteiger partial charge < -0.3 is 5.32 Å². The molecule has 0 saturated carbocycles. The predicted molar refractivity (Wildman–Crippen MR) is 73.2 cm³/mol. The summed E-state index contributed by atoms with van der Waals surface area (Å²) in [6.45, 7) is 0.400. The third kappa shape index (κ3) is 5.05. The molecule has 0 aromatic carbocycles. The summed E-state index contributed by atoms with van der Waals surface area (Å²) in [5.41, 5.74) is 0.261. The van der Waals surface area contributed by atoms with Gasteiger partial charge in [-0.1, -0.05) is 0 Å². The fourth-order valence-electron chi connectivity index (χ4n) is 1.14. The lowest BCUT2D eigenvalue weighted by atomic mass is 10.3. The summed E-state index contributed by atoms with van der Waals surface area (Å²) in [6, 6.07) is 1.24. The molecule has 1 unspecified atom stereocenters. The first-order valence-electron chi connectivity index (χ1n) is 4.92. The number of amides is 1. The van der Waals surface area contributed by atoms with E-state index in [1.165, 1.54) is 11.4 Å². The van der Waals surface area contributed by atoms with Gasteiger partial charge >= 0.3 is 0 Å². The van der Waals surface area contributed by atoms with Crippen LogP contribution in [0.15, 0.2) is 15.7 Å². The molecule has 0 aliphatic heterocycles. The average molecular weight is 330 g/mol. The van der Waals surface area contributed by atoms with Crippen LogP contribution in [0.4, 0.5) is 0 Å². The second kappa shape index (κ2) is 6.65. The maximum Gasteiger partial charge on any atom is 0.270 e. The van der Waals surface area contributed by atoms with Gasteiger partial charge in [-0.15, -0.1) is 11.3 Å². The third-order valence-corrected chi connectivity index (χ3v) is 5.88. The number of halogens is 1. The molecule has 1 atom stereocenters. The Morgan fingerprint density at radius 2 is 2.22 bits per heavy atom.